The van der Waals surface area contributed by atoms with E-state index >= 15 is 0 Å². The Balaban J connectivity index is 1.86. The number of halogens is 2. The maximum atomic E-state index is 13.6. The summed E-state index contributed by atoms with van der Waals surface area (Å²) in [6.45, 7) is 0. The van der Waals surface area contributed by atoms with Crippen molar-refractivity contribution >= 4 is 5.69 Å². The van der Waals surface area contributed by atoms with E-state index in [-0.39, 0.29) is 6.04 Å². The molecule has 0 aliphatic heterocycles. The van der Waals surface area contributed by atoms with Crippen molar-refractivity contribution in [1.82, 2.24) is 0 Å². The summed E-state index contributed by atoms with van der Waals surface area (Å²) in [6.07, 6.45) is 1.94. The van der Waals surface area contributed by atoms with Crippen LogP contribution in [-0.2, 0) is 6.42 Å². The quantitative estimate of drug-likeness (QED) is 0.841. The van der Waals surface area contributed by atoms with Gasteiger partial charge in [-0.15, -0.1) is 0 Å². The Bertz CT molecular complexity index is 580. The van der Waals surface area contributed by atoms with Crippen molar-refractivity contribution in [1.29, 1.82) is 0 Å². The molecule has 0 bridgehead atoms. The van der Waals surface area contributed by atoms with Crippen LogP contribution in [0, 0.1) is 11.6 Å². The predicted molar refractivity (Wildman–Crippen MR) is 67.5 cm³/mol. The third-order valence-corrected chi connectivity index (χ3v) is 3.39. The number of hydrogen-bond acceptors (Lipinski definition) is 1. The van der Waals surface area contributed by atoms with Gasteiger partial charge >= 0.3 is 0 Å². The van der Waals surface area contributed by atoms with Crippen molar-refractivity contribution in [2.24, 2.45) is 0 Å². The molecule has 1 atom stereocenters. The van der Waals surface area contributed by atoms with Gasteiger partial charge in [0.15, 0.2) is 0 Å². The minimum Gasteiger partial charge on any atom is -0.376 e. The molecule has 0 amide bonds. The predicted octanol–water partition coefficient (Wildman–Crippen LogP) is 4.06. The second-order valence-corrected chi connectivity index (χ2v) is 4.56. The van der Waals surface area contributed by atoms with Crippen LogP contribution in [0.3, 0.4) is 0 Å². The lowest BCUT2D eigenvalue weighted by atomic mass is 10.1. The van der Waals surface area contributed by atoms with Crippen LogP contribution in [0.1, 0.15) is 23.6 Å². The second-order valence-electron chi connectivity index (χ2n) is 4.56. The fourth-order valence-corrected chi connectivity index (χ4v) is 2.50. The molecule has 0 radical (unpaired) electrons. The number of fused-ring (bicyclic) bond motifs is 1. The molecule has 3 heteroatoms. The Morgan fingerprint density at radius 1 is 1.06 bits per heavy atom. The Labute approximate surface area is 104 Å². The molecule has 0 spiro atoms. The van der Waals surface area contributed by atoms with E-state index in [4.69, 9.17) is 0 Å². The SMILES string of the molecule is Fc1ccc(NC2CCc3ccccc32)c(F)c1. The molecule has 0 saturated carbocycles. The number of benzene rings is 2. The summed E-state index contributed by atoms with van der Waals surface area (Å²) < 4.78 is 26.4. The molecule has 3 rings (SSSR count). The summed E-state index contributed by atoms with van der Waals surface area (Å²) in [7, 11) is 0. The van der Waals surface area contributed by atoms with Gasteiger partial charge in [0.05, 0.1) is 11.7 Å². The standard InChI is InChI=1S/C15H13F2N/c16-11-6-8-15(13(17)9-11)18-14-7-5-10-3-1-2-4-12(10)14/h1-4,6,8-9,14,18H,5,7H2. The summed E-state index contributed by atoms with van der Waals surface area (Å²) in [4.78, 5) is 0. The Morgan fingerprint density at radius 3 is 2.72 bits per heavy atom. The van der Waals surface area contributed by atoms with Crippen molar-refractivity contribution in [3.05, 3.63) is 65.2 Å². The van der Waals surface area contributed by atoms with E-state index in [9.17, 15) is 8.78 Å². The molecule has 2 aromatic rings. The Hall–Kier alpha value is -1.90. The fourth-order valence-electron chi connectivity index (χ4n) is 2.50. The average Bonchev–Trinajstić information content (AvgIpc) is 2.76. The molecule has 1 unspecified atom stereocenters. The zero-order valence-electron chi connectivity index (χ0n) is 9.79. The highest BCUT2D eigenvalue weighted by Crippen LogP contribution is 2.34. The number of rotatable bonds is 2. The van der Waals surface area contributed by atoms with Gasteiger partial charge in [-0.1, -0.05) is 24.3 Å². The fraction of sp³-hybridized carbons (Fsp3) is 0.200. The van der Waals surface area contributed by atoms with Crippen LogP contribution < -0.4 is 5.32 Å². The number of nitrogens with one attached hydrogen (secondary N) is 1. The molecular weight excluding hydrogens is 232 g/mol. The first kappa shape index (κ1) is 11.2. The molecule has 0 aromatic heterocycles. The van der Waals surface area contributed by atoms with E-state index in [1.54, 1.807) is 0 Å². The van der Waals surface area contributed by atoms with Gasteiger partial charge in [0.25, 0.3) is 0 Å². The van der Waals surface area contributed by atoms with E-state index in [2.05, 4.69) is 17.4 Å². The average molecular weight is 245 g/mol. The van der Waals surface area contributed by atoms with Crippen LogP contribution in [0.2, 0.25) is 0 Å². The van der Waals surface area contributed by atoms with Gasteiger partial charge in [0.1, 0.15) is 11.6 Å². The second kappa shape index (κ2) is 4.41. The molecule has 0 fully saturated rings. The zero-order valence-corrected chi connectivity index (χ0v) is 9.79. The molecule has 0 saturated heterocycles. The minimum atomic E-state index is -0.551. The molecule has 0 heterocycles. The van der Waals surface area contributed by atoms with Gasteiger partial charge in [-0.05, 0) is 36.1 Å². The normalized spacial score (nSPS) is 17.6. The molecular formula is C15H13F2N. The number of hydrogen-bond donors (Lipinski definition) is 1. The van der Waals surface area contributed by atoms with Crippen LogP contribution in [0.25, 0.3) is 0 Å². The lowest BCUT2D eigenvalue weighted by Gasteiger charge is -2.16. The minimum absolute atomic E-state index is 0.112. The van der Waals surface area contributed by atoms with Crippen molar-refractivity contribution < 1.29 is 8.78 Å². The molecule has 1 N–H and O–H groups in total. The van der Waals surface area contributed by atoms with Crippen molar-refractivity contribution in [3.63, 3.8) is 0 Å². The lowest BCUT2D eigenvalue weighted by molar-refractivity contribution is 0.582. The largest absolute Gasteiger partial charge is 0.376 e. The summed E-state index contributed by atoms with van der Waals surface area (Å²) in [5.74, 6) is -1.09. The third kappa shape index (κ3) is 1.96. The van der Waals surface area contributed by atoms with Gasteiger partial charge in [-0.3, -0.25) is 0 Å². The number of aryl methyl sites for hydroxylation is 1. The highest BCUT2D eigenvalue weighted by Gasteiger charge is 2.22. The summed E-state index contributed by atoms with van der Waals surface area (Å²) in [5.41, 5.74) is 2.87. The van der Waals surface area contributed by atoms with Crippen molar-refractivity contribution in [2.75, 3.05) is 5.32 Å². The van der Waals surface area contributed by atoms with Gasteiger partial charge in [0, 0.05) is 6.07 Å². The number of anilines is 1. The third-order valence-electron chi connectivity index (χ3n) is 3.39. The first-order valence-electron chi connectivity index (χ1n) is 6.03. The highest BCUT2D eigenvalue weighted by atomic mass is 19.1. The van der Waals surface area contributed by atoms with E-state index in [1.807, 2.05) is 12.1 Å². The molecule has 92 valence electrons. The lowest BCUT2D eigenvalue weighted by Crippen LogP contribution is -2.08. The first-order valence-corrected chi connectivity index (χ1v) is 6.03. The zero-order chi connectivity index (χ0) is 12.5. The monoisotopic (exact) mass is 245 g/mol. The van der Waals surface area contributed by atoms with Crippen molar-refractivity contribution in [3.8, 4) is 0 Å². The van der Waals surface area contributed by atoms with Crippen molar-refractivity contribution in [2.45, 2.75) is 18.9 Å². The van der Waals surface area contributed by atoms with E-state index in [0.717, 1.165) is 18.9 Å². The van der Waals surface area contributed by atoms with E-state index < -0.39 is 11.6 Å². The molecule has 1 nitrogen and oxygen atoms in total. The van der Waals surface area contributed by atoms with Gasteiger partial charge in [-0.2, -0.15) is 0 Å². The Kier molecular flexibility index (Phi) is 2.74. The van der Waals surface area contributed by atoms with Crippen LogP contribution in [0.4, 0.5) is 14.5 Å². The van der Waals surface area contributed by atoms with Gasteiger partial charge in [-0.25, -0.2) is 8.78 Å². The maximum Gasteiger partial charge on any atom is 0.149 e. The van der Waals surface area contributed by atoms with Gasteiger partial charge < -0.3 is 5.32 Å². The summed E-state index contributed by atoms with van der Waals surface area (Å²) >= 11 is 0. The Morgan fingerprint density at radius 2 is 1.89 bits per heavy atom. The first-order chi connectivity index (χ1) is 8.74. The van der Waals surface area contributed by atoms with Crippen LogP contribution >= 0.6 is 0 Å². The highest BCUT2D eigenvalue weighted by molar-refractivity contribution is 5.49. The molecule has 1 aliphatic carbocycles. The summed E-state index contributed by atoms with van der Waals surface area (Å²) in [5, 5.41) is 3.15. The van der Waals surface area contributed by atoms with Crippen LogP contribution in [-0.4, -0.2) is 0 Å². The molecule has 18 heavy (non-hydrogen) atoms. The van der Waals surface area contributed by atoms with E-state index in [1.165, 1.54) is 23.3 Å². The van der Waals surface area contributed by atoms with Crippen LogP contribution in [0.15, 0.2) is 42.5 Å². The van der Waals surface area contributed by atoms with Gasteiger partial charge in [0.2, 0.25) is 0 Å². The maximum absolute atomic E-state index is 13.6. The summed E-state index contributed by atoms with van der Waals surface area (Å²) in [6, 6.07) is 11.9. The smallest absolute Gasteiger partial charge is 0.149 e. The van der Waals surface area contributed by atoms with Crippen LogP contribution in [0.5, 0.6) is 0 Å². The van der Waals surface area contributed by atoms with E-state index in [0.29, 0.717) is 5.69 Å². The molecule has 2 aromatic carbocycles. The topological polar surface area (TPSA) is 12.0 Å². The molecule has 1 aliphatic rings.